The number of methoxy groups -OCH3 is 1. The van der Waals surface area contributed by atoms with Gasteiger partial charge in [-0.1, -0.05) is 0 Å². The lowest BCUT2D eigenvalue weighted by Crippen LogP contribution is -2.39. The molecular weight excluding hydrogens is 385 g/mol. The number of esters is 1. The first-order valence-electron chi connectivity index (χ1n) is 10.4. The largest absolute Gasteiger partial charge is 0.465 e. The molecule has 160 valence electrons. The van der Waals surface area contributed by atoms with E-state index < -0.39 is 5.97 Å². The molecule has 1 unspecified atom stereocenters. The van der Waals surface area contributed by atoms with Crippen LogP contribution in [0.1, 0.15) is 41.3 Å². The second-order valence-electron chi connectivity index (χ2n) is 8.01. The van der Waals surface area contributed by atoms with Crippen LogP contribution in [0.3, 0.4) is 0 Å². The number of likely N-dealkylation sites (tertiary alicyclic amines) is 1. The Morgan fingerprint density at radius 2 is 2.13 bits per heavy atom. The van der Waals surface area contributed by atoms with Gasteiger partial charge in [0.05, 0.1) is 30.2 Å². The van der Waals surface area contributed by atoms with Gasteiger partial charge in [-0.3, -0.25) is 4.98 Å². The van der Waals surface area contributed by atoms with Crippen LogP contribution in [-0.4, -0.2) is 49.6 Å². The Morgan fingerprint density at radius 3 is 2.90 bits per heavy atom. The van der Waals surface area contributed by atoms with Gasteiger partial charge in [-0.15, -0.1) is 0 Å². The molecule has 7 nitrogen and oxygen atoms in total. The number of pyridine rings is 1. The number of nitrogens with one attached hydrogen (secondary N) is 2. The van der Waals surface area contributed by atoms with Gasteiger partial charge in [0.1, 0.15) is 12.0 Å². The Morgan fingerprint density at radius 1 is 1.33 bits per heavy atom. The number of benzene rings is 1. The van der Waals surface area contributed by atoms with Crippen LogP contribution in [0.4, 0.5) is 15.8 Å². The molecule has 0 saturated carbocycles. The molecule has 1 atom stereocenters. The molecule has 30 heavy (non-hydrogen) atoms. The van der Waals surface area contributed by atoms with Crippen LogP contribution in [0.5, 0.6) is 0 Å². The second kappa shape index (κ2) is 8.97. The van der Waals surface area contributed by atoms with Crippen LogP contribution in [0.2, 0.25) is 0 Å². The Labute approximate surface area is 176 Å². The molecule has 2 aliphatic heterocycles. The van der Waals surface area contributed by atoms with Crippen molar-refractivity contribution in [1.82, 2.24) is 15.3 Å². The van der Waals surface area contributed by atoms with Gasteiger partial charge < -0.3 is 20.0 Å². The number of ether oxygens (including phenoxy) is 1. The highest BCUT2D eigenvalue weighted by Crippen LogP contribution is 2.35. The Bertz CT molecular complexity index is 901. The molecule has 0 spiro atoms. The van der Waals surface area contributed by atoms with E-state index in [-0.39, 0.29) is 12.0 Å². The first-order valence-corrected chi connectivity index (χ1v) is 10.4. The zero-order valence-corrected chi connectivity index (χ0v) is 17.4. The molecule has 1 aromatic heterocycles. The zero-order chi connectivity index (χ0) is 21.1. The lowest BCUT2D eigenvalue weighted by Gasteiger charge is -2.30. The summed E-state index contributed by atoms with van der Waals surface area (Å²) >= 11 is 0. The van der Waals surface area contributed by atoms with Crippen LogP contribution < -0.4 is 15.8 Å². The van der Waals surface area contributed by atoms with Crippen molar-refractivity contribution in [1.29, 1.82) is 0 Å². The van der Waals surface area contributed by atoms with Crippen molar-refractivity contribution >= 4 is 17.3 Å². The number of fused-ring (bicyclic) bond motifs is 1. The Balaban J connectivity index is 1.50. The monoisotopic (exact) mass is 413 g/mol. The van der Waals surface area contributed by atoms with Crippen molar-refractivity contribution in [2.24, 2.45) is 5.92 Å². The molecule has 1 aromatic carbocycles. The van der Waals surface area contributed by atoms with Gasteiger partial charge in [0, 0.05) is 18.3 Å². The molecule has 4 rings (SSSR count). The number of aromatic nitrogens is 1. The smallest absolute Gasteiger partial charge is 0.340 e. The Hall–Kier alpha value is -2.71. The third-order valence-corrected chi connectivity index (χ3v) is 6.00. The summed E-state index contributed by atoms with van der Waals surface area (Å²) in [4.78, 5) is 18.6. The highest BCUT2D eigenvalue weighted by molar-refractivity contribution is 5.95. The van der Waals surface area contributed by atoms with E-state index in [1.54, 1.807) is 24.5 Å². The van der Waals surface area contributed by atoms with E-state index >= 15 is 0 Å². The topological polar surface area (TPSA) is 69.7 Å². The number of carbonyl (C=O) groups excluding carboxylic acids is 1. The van der Waals surface area contributed by atoms with E-state index in [1.807, 2.05) is 0 Å². The molecule has 0 radical (unpaired) electrons. The minimum atomic E-state index is -0.448. The SMILES string of the molecule is COC(=O)c1ccncc1NC1NN(CCC2CCN(C)CC2)c2ccc(F)cc21. The van der Waals surface area contributed by atoms with E-state index in [0.29, 0.717) is 17.2 Å². The third-order valence-electron chi connectivity index (χ3n) is 6.00. The molecule has 2 N–H and O–H groups in total. The van der Waals surface area contributed by atoms with Gasteiger partial charge in [-0.25, -0.2) is 14.6 Å². The molecule has 2 aliphatic rings. The van der Waals surface area contributed by atoms with Crippen LogP contribution >= 0.6 is 0 Å². The van der Waals surface area contributed by atoms with E-state index in [9.17, 15) is 9.18 Å². The number of carbonyl (C=O) groups is 1. The molecule has 1 saturated heterocycles. The van der Waals surface area contributed by atoms with Crippen LogP contribution in [0.25, 0.3) is 0 Å². The fourth-order valence-corrected chi connectivity index (χ4v) is 4.21. The zero-order valence-electron chi connectivity index (χ0n) is 17.4. The summed E-state index contributed by atoms with van der Waals surface area (Å²) in [5, 5.41) is 5.37. The molecule has 0 aliphatic carbocycles. The Kier molecular flexibility index (Phi) is 6.15. The summed E-state index contributed by atoms with van der Waals surface area (Å²) in [7, 11) is 3.51. The van der Waals surface area contributed by atoms with E-state index in [2.05, 4.69) is 32.7 Å². The average molecular weight is 413 g/mol. The number of halogens is 1. The van der Waals surface area contributed by atoms with Crippen molar-refractivity contribution in [3.63, 3.8) is 0 Å². The summed E-state index contributed by atoms with van der Waals surface area (Å²) in [6.07, 6.45) is 6.24. The van der Waals surface area contributed by atoms with Crippen molar-refractivity contribution < 1.29 is 13.9 Å². The lowest BCUT2D eigenvalue weighted by atomic mass is 9.94. The number of piperidine rings is 1. The first-order chi connectivity index (χ1) is 14.5. The van der Waals surface area contributed by atoms with Gasteiger partial charge in [0.2, 0.25) is 0 Å². The third kappa shape index (κ3) is 4.39. The summed E-state index contributed by atoms with van der Waals surface area (Å²) in [6.45, 7) is 3.12. The first kappa shape index (κ1) is 20.6. The maximum absolute atomic E-state index is 14.0. The minimum Gasteiger partial charge on any atom is -0.465 e. The van der Waals surface area contributed by atoms with Crippen molar-refractivity contribution in [2.75, 3.05) is 44.1 Å². The van der Waals surface area contributed by atoms with Crippen LogP contribution in [0.15, 0.2) is 36.7 Å². The molecular formula is C22H28FN5O2. The molecule has 2 aromatic rings. The standard InChI is InChI=1S/C22H28FN5O2/c1-27-10-6-15(7-11-27)8-12-28-20-4-3-16(23)13-18(20)21(26-28)25-19-14-24-9-5-17(19)22(29)30-2/h3-5,9,13-15,21,25-26H,6-8,10-12H2,1-2H3. The van der Waals surface area contributed by atoms with E-state index in [0.717, 1.165) is 37.3 Å². The molecule has 3 heterocycles. The number of hydrogen-bond acceptors (Lipinski definition) is 7. The maximum atomic E-state index is 14.0. The molecule has 8 heteroatoms. The maximum Gasteiger partial charge on any atom is 0.340 e. The van der Waals surface area contributed by atoms with Crippen molar-refractivity contribution in [2.45, 2.75) is 25.4 Å². The number of hydrazine groups is 1. The normalized spacial score (nSPS) is 19.6. The fourth-order valence-electron chi connectivity index (χ4n) is 4.21. The molecule has 0 bridgehead atoms. The number of anilines is 2. The van der Waals surface area contributed by atoms with Gasteiger partial charge in [-0.05, 0) is 69.6 Å². The van der Waals surface area contributed by atoms with E-state index in [4.69, 9.17) is 4.74 Å². The highest BCUT2D eigenvalue weighted by atomic mass is 19.1. The number of nitrogens with zero attached hydrogens (tertiary/aromatic N) is 3. The predicted octanol–water partition coefficient (Wildman–Crippen LogP) is 3.17. The fraction of sp³-hybridized carbons (Fsp3) is 0.455. The van der Waals surface area contributed by atoms with Gasteiger partial charge >= 0.3 is 5.97 Å². The summed E-state index contributed by atoms with van der Waals surface area (Å²) in [5.74, 6) is -0.0430. The van der Waals surface area contributed by atoms with Crippen molar-refractivity contribution in [3.8, 4) is 0 Å². The minimum absolute atomic E-state index is 0.293. The summed E-state index contributed by atoms with van der Waals surface area (Å²) in [6, 6.07) is 6.42. The quantitative estimate of drug-likeness (QED) is 0.705. The summed E-state index contributed by atoms with van der Waals surface area (Å²) in [5.41, 5.74) is 6.11. The average Bonchev–Trinajstić information content (AvgIpc) is 3.09. The van der Waals surface area contributed by atoms with E-state index in [1.165, 1.54) is 32.1 Å². The predicted molar refractivity (Wildman–Crippen MR) is 114 cm³/mol. The summed E-state index contributed by atoms with van der Waals surface area (Å²) < 4.78 is 18.9. The van der Waals surface area contributed by atoms with Gasteiger partial charge in [0.25, 0.3) is 0 Å². The highest BCUT2D eigenvalue weighted by Gasteiger charge is 2.30. The number of hydrogen-bond donors (Lipinski definition) is 2. The van der Waals surface area contributed by atoms with Gasteiger partial charge in [-0.2, -0.15) is 0 Å². The lowest BCUT2D eigenvalue weighted by molar-refractivity contribution is 0.0601. The van der Waals surface area contributed by atoms with Crippen LogP contribution in [-0.2, 0) is 4.74 Å². The number of rotatable bonds is 6. The van der Waals surface area contributed by atoms with Crippen LogP contribution in [0, 0.1) is 11.7 Å². The molecule has 0 amide bonds. The molecule has 1 fully saturated rings. The van der Waals surface area contributed by atoms with Crippen molar-refractivity contribution in [3.05, 3.63) is 53.6 Å². The second-order valence-corrected chi connectivity index (χ2v) is 8.01. The van der Waals surface area contributed by atoms with Gasteiger partial charge in [0.15, 0.2) is 0 Å².